The van der Waals surface area contributed by atoms with Gasteiger partial charge in [-0.15, -0.1) is 10.2 Å². The van der Waals surface area contributed by atoms with Gasteiger partial charge in [0, 0.05) is 19.7 Å². The van der Waals surface area contributed by atoms with E-state index in [2.05, 4.69) is 15.5 Å². The van der Waals surface area contributed by atoms with Crippen molar-refractivity contribution in [2.24, 2.45) is 0 Å². The van der Waals surface area contributed by atoms with E-state index in [-0.39, 0.29) is 18.4 Å². The Morgan fingerprint density at radius 1 is 1.38 bits per heavy atom. The van der Waals surface area contributed by atoms with Gasteiger partial charge in [0.2, 0.25) is 11.9 Å². The third-order valence-corrected chi connectivity index (χ3v) is 3.38. The normalized spacial score (nSPS) is 18.7. The number of pyridine rings is 1. The Labute approximate surface area is 120 Å². The van der Waals surface area contributed by atoms with Crippen molar-refractivity contribution < 1.29 is 14.3 Å². The average Bonchev–Trinajstić information content (AvgIpc) is 2.90. The molecule has 2 aromatic heterocycles. The molecule has 8 heteroatoms. The lowest BCUT2D eigenvalue weighted by atomic mass is 10.2. The third-order valence-electron chi connectivity index (χ3n) is 3.38. The van der Waals surface area contributed by atoms with E-state index in [4.69, 9.17) is 4.74 Å². The van der Waals surface area contributed by atoms with Gasteiger partial charge in [-0.2, -0.15) is 0 Å². The predicted molar refractivity (Wildman–Crippen MR) is 73.6 cm³/mol. The summed E-state index contributed by atoms with van der Waals surface area (Å²) in [7, 11) is 0. The summed E-state index contributed by atoms with van der Waals surface area (Å²) in [6.07, 6.45) is 1.76. The zero-order valence-electron chi connectivity index (χ0n) is 11.5. The second kappa shape index (κ2) is 5.49. The first-order chi connectivity index (χ1) is 10.2. The van der Waals surface area contributed by atoms with Gasteiger partial charge in [-0.25, -0.2) is 0 Å². The predicted octanol–water partition coefficient (Wildman–Crippen LogP) is -0.0849. The molecule has 0 radical (unpaired) electrons. The molecule has 3 rings (SSSR count). The van der Waals surface area contributed by atoms with Crippen LogP contribution in [0.4, 0.5) is 5.95 Å². The number of aromatic nitrogens is 3. The molecule has 3 heterocycles. The fourth-order valence-electron chi connectivity index (χ4n) is 2.32. The van der Waals surface area contributed by atoms with Gasteiger partial charge in [0.15, 0.2) is 5.65 Å². The smallest absolute Gasteiger partial charge is 0.251 e. The Hall–Kier alpha value is -2.48. The number of carbonyl (C=O) groups excluding carboxylic acids is 2. The van der Waals surface area contributed by atoms with E-state index in [1.54, 1.807) is 16.7 Å². The lowest BCUT2D eigenvalue weighted by Crippen LogP contribution is -2.53. The number of morpholine rings is 1. The summed E-state index contributed by atoms with van der Waals surface area (Å²) in [5.74, 6) is -0.155. The maximum atomic E-state index is 12.4. The van der Waals surface area contributed by atoms with Crippen molar-refractivity contribution >= 4 is 23.4 Å². The zero-order valence-corrected chi connectivity index (χ0v) is 11.5. The van der Waals surface area contributed by atoms with Crippen LogP contribution in [-0.4, -0.2) is 57.1 Å². The van der Waals surface area contributed by atoms with Crippen LogP contribution in [0.1, 0.15) is 6.92 Å². The Balaban J connectivity index is 1.80. The summed E-state index contributed by atoms with van der Waals surface area (Å²) in [6, 6.07) is 4.79. The van der Waals surface area contributed by atoms with Crippen molar-refractivity contribution in [1.29, 1.82) is 0 Å². The SMILES string of the molecule is CC(=O)N1CCOCC1C(=O)Nc1nnc2ccccn12. The van der Waals surface area contributed by atoms with E-state index in [1.165, 1.54) is 11.8 Å². The second-order valence-electron chi connectivity index (χ2n) is 4.74. The maximum absolute atomic E-state index is 12.4. The molecule has 1 saturated heterocycles. The minimum Gasteiger partial charge on any atom is -0.377 e. The molecule has 0 spiro atoms. The molecule has 1 unspecified atom stereocenters. The van der Waals surface area contributed by atoms with Crippen molar-refractivity contribution in [3.63, 3.8) is 0 Å². The summed E-state index contributed by atoms with van der Waals surface area (Å²) in [5.41, 5.74) is 0.635. The number of nitrogens with zero attached hydrogens (tertiary/aromatic N) is 4. The fourth-order valence-corrected chi connectivity index (χ4v) is 2.32. The van der Waals surface area contributed by atoms with E-state index in [9.17, 15) is 9.59 Å². The van der Waals surface area contributed by atoms with Gasteiger partial charge < -0.3 is 9.64 Å². The van der Waals surface area contributed by atoms with Crippen LogP contribution in [0.3, 0.4) is 0 Å². The highest BCUT2D eigenvalue weighted by atomic mass is 16.5. The van der Waals surface area contributed by atoms with Gasteiger partial charge in [0.25, 0.3) is 5.91 Å². The number of ether oxygens (including phenoxy) is 1. The molecule has 0 aromatic carbocycles. The highest BCUT2D eigenvalue weighted by Crippen LogP contribution is 2.12. The minimum absolute atomic E-state index is 0.149. The third kappa shape index (κ3) is 2.57. The molecule has 1 atom stereocenters. The molecule has 110 valence electrons. The zero-order chi connectivity index (χ0) is 14.8. The number of rotatable bonds is 2. The largest absolute Gasteiger partial charge is 0.377 e. The first-order valence-corrected chi connectivity index (χ1v) is 6.62. The molecule has 1 aliphatic heterocycles. The molecule has 1 aliphatic rings. The van der Waals surface area contributed by atoms with Gasteiger partial charge >= 0.3 is 0 Å². The molecule has 0 saturated carbocycles. The Morgan fingerprint density at radius 2 is 2.24 bits per heavy atom. The first kappa shape index (κ1) is 13.5. The van der Waals surface area contributed by atoms with Crippen LogP contribution in [-0.2, 0) is 14.3 Å². The van der Waals surface area contributed by atoms with Crippen molar-refractivity contribution in [3.8, 4) is 0 Å². The van der Waals surface area contributed by atoms with Crippen molar-refractivity contribution in [2.45, 2.75) is 13.0 Å². The Morgan fingerprint density at radius 3 is 3.05 bits per heavy atom. The van der Waals surface area contributed by atoms with E-state index < -0.39 is 6.04 Å². The highest BCUT2D eigenvalue weighted by Gasteiger charge is 2.31. The molecule has 2 amide bonds. The molecule has 2 aromatic rings. The van der Waals surface area contributed by atoms with E-state index in [0.717, 1.165) is 0 Å². The summed E-state index contributed by atoms with van der Waals surface area (Å²) in [6.45, 7) is 2.48. The molecular weight excluding hydrogens is 274 g/mol. The van der Waals surface area contributed by atoms with Gasteiger partial charge in [-0.3, -0.25) is 19.3 Å². The molecular formula is C13H15N5O3. The standard InChI is InChI=1S/C13H15N5O3/c1-9(19)17-6-7-21-8-10(17)12(20)14-13-16-15-11-4-2-3-5-18(11)13/h2-5,10H,6-8H2,1H3,(H,14,16,20). The lowest BCUT2D eigenvalue weighted by molar-refractivity contribution is -0.144. The van der Waals surface area contributed by atoms with E-state index in [1.807, 2.05) is 12.1 Å². The van der Waals surface area contributed by atoms with Crippen molar-refractivity contribution in [3.05, 3.63) is 24.4 Å². The van der Waals surface area contributed by atoms with Gasteiger partial charge in [0.05, 0.1) is 13.2 Å². The number of fused-ring (bicyclic) bond motifs is 1. The summed E-state index contributed by atoms with van der Waals surface area (Å²) in [5, 5.41) is 10.6. The molecule has 1 N–H and O–H groups in total. The number of carbonyl (C=O) groups is 2. The Kier molecular flexibility index (Phi) is 3.53. The fraction of sp³-hybridized carbons (Fsp3) is 0.385. The minimum atomic E-state index is -0.646. The average molecular weight is 289 g/mol. The van der Waals surface area contributed by atoms with Crippen LogP contribution in [0, 0.1) is 0 Å². The molecule has 0 bridgehead atoms. The van der Waals surface area contributed by atoms with Gasteiger partial charge in [-0.05, 0) is 12.1 Å². The number of amides is 2. The number of hydrogen-bond donors (Lipinski definition) is 1. The van der Waals surface area contributed by atoms with Crippen LogP contribution in [0.25, 0.3) is 5.65 Å². The topological polar surface area (TPSA) is 88.8 Å². The number of nitrogens with one attached hydrogen (secondary N) is 1. The van der Waals surface area contributed by atoms with Crippen LogP contribution in [0.5, 0.6) is 0 Å². The lowest BCUT2D eigenvalue weighted by Gasteiger charge is -2.33. The summed E-state index contributed by atoms with van der Waals surface area (Å²) < 4.78 is 6.96. The van der Waals surface area contributed by atoms with Crippen molar-refractivity contribution in [2.75, 3.05) is 25.1 Å². The summed E-state index contributed by atoms with van der Waals surface area (Å²) >= 11 is 0. The maximum Gasteiger partial charge on any atom is 0.251 e. The number of anilines is 1. The molecule has 21 heavy (non-hydrogen) atoms. The highest BCUT2D eigenvalue weighted by molar-refractivity contribution is 5.96. The molecule has 8 nitrogen and oxygen atoms in total. The van der Waals surface area contributed by atoms with Crippen LogP contribution < -0.4 is 5.32 Å². The first-order valence-electron chi connectivity index (χ1n) is 6.62. The quantitative estimate of drug-likeness (QED) is 0.835. The van der Waals surface area contributed by atoms with E-state index >= 15 is 0 Å². The van der Waals surface area contributed by atoms with Crippen LogP contribution in [0.15, 0.2) is 24.4 Å². The van der Waals surface area contributed by atoms with Crippen LogP contribution in [0.2, 0.25) is 0 Å². The van der Waals surface area contributed by atoms with Gasteiger partial charge in [0.1, 0.15) is 6.04 Å². The summed E-state index contributed by atoms with van der Waals surface area (Å²) in [4.78, 5) is 25.4. The molecule has 1 fully saturated rings. The molecule has 0 aliphatic carbocycles. The number of hydrogen-bond acceptors (Lipinski definition) is 5. The van der Waals surface area contributed by atoms with E-state index in [0.29, 0.717) is 24.7 Å². The van der Waals surface area contributed by atoms with Crippen molar-refractivity contribution in [1.82, 2.24) is 19.5 Å². The van der Waals surface area contributed by atoms with Gasteiger partial charge in [-0.1, -0.05) is 6.07 Å². The Bertz CT molecular complexity index is 683. The monoisotopic (exact) mass is 289 g/mol. The second-order valence-corrected chi connectivity index (χ2v) is 4.74. The van der Waals surface area contributed by atoms with Crippen LogP contribution >= 0.6 is 0 Å².